The van der Waals surface area contributed by atoms with Crippen molar-refractivity contribution in [3.05, 3.63) is 41.5 Å². The molecule has 66 valence electrons. The zero-order chi connectivity index (χ0) is 9.68. The molecule has 0 fully saturated rings. The number of benzene rings is 1. The first-order valence-corrected chi connectivity index (χ1v) is 4.49. The summed E-state index contributed by atoms with van der Waals surface area (Å²) in [7, 11) is 0. The first-order chi connectivity index (χ1) is 6.24. The van der Waals surface area contributed by atoms with Crippen LogP contribution in [-0.2, 0) is 0 Å². The molecule has 0 heterocycles. The standard InChI is InChI=1S/C11H10ClN/c1-9(12)6-7-10-4-2-3-5-11(10)8-13/h2-7,9H,1H3/b7-6+. The van der Waals surface area contributed by atoms with Gasteiger partial charge in [-0.1, -0.05) is 30.4 Å². The second-order valence-corrected chi connectivity index (χ2v) is 3.42. The normalized spacial score (nSPS) is 12.7. The van der Waals surface area contributed by atoms with E-state index in [1.54, 1.807) is 6.07 Å². The first-order valence-electron chi connectivity index (χ1n) is 4.05. The Kier molecular flexibility index (Phi) is 3.54. The lowest BCUT2D eigenvalue weighted by Crippen LogP contribution is -1.84. The number of halogens is 1. The van der Waals surface area contributed by atoms with E-state index in [-0.39, 0.29) is 5.38 Å². The van der Waals surface area contributed by atoms with E-state index in [9.17, 15) is 0 Å². The summed E-state index contributed by atoms with van der Waals surface area (Å²) in [5.41, 5.74) is 1.59. The zero-order valence-corrected chi connectivity index (χ0v) is 8.12. The zero-order valence-electron chi connectivity index (χ0n) is 7.37. The Morgan fingerprint density at radius 2 is 2.15 bits per heavy atom. The van der Waals surface area contributed by atoms with Gasteiger partial charge in [0.25, 0.3) is 0 Å². The highest BCUT2D eigenvalue weighted by atomic mass is 35.5. The number of nitriles is 1. The molecule has 0 radical (unpaired) electrons. The van der Waals surface area contributed by atoms with Crippen molar-refractivity contribution in [3.8, 4) is 6.07 Å². The third-order valence-electron chi connectivity index (χ3n) is 1.62. The summed E-state index contributed by atoms with van der Waals surface area (Å²) < 4.78 is 0. The molecule has 0 aromatic heterocycles. The molecule has 0 bridgehead atoms. The van der Waals surface area contributed by atoms with Gasteiger partial charge in [-0.25, -0.2) is 0 Å². The fourth-order valence-electron chi connectivity index (χ4n) is 0.980. The van der Waals surface area contributed by atoms with Crippen molar-refractivity contribution in [1.82, 2.24) is 0 Å². The monoisotopic (exact) mass is 191 g/mol. The summed E-state index contributed by atoms with van der Waals surface area (Å²) in [5, 5.41) is 8.76. The fraction of sp³-hybridized carbons (Fsp3) is 0.182. The Morgan fingerprint density at radius 1 is 1.46 bits per heavy atom. The van der Waals surface area contributed by atoms with Crippen LogP contribution in [0.5, 0.6) is 0 Å². The van der Waals surface area contributed by atoms with Crippen LogP contribution in [0.1, 0.15) is 18.1 Å². The molecule has 0 N–H and O–H groups in total. The quantitative estimate of drug-likeness (QED) is 0.659. The maximum absolute atomic E-state index is 8.77. The number of allylic oxidation sites excluding steroid dienone is 1. The summed E-state index contributed by atoms with van der Waals surface area (Å²) in [6.07, 6.45) is 3.73. The Labute approximate surface area is 83.3 Å². The molecule has 1 aromatic rings. The van der Waals surface area contributed by atoms with Gasteiger partial charge >= 0.3 is 0 Å². The molecule has 2 heteroatoms. The second kappa shape index (κ2) is 4.69. The van der Waals surface area contributed by atoms with Gasteiger partial charge in [0.2, 0.25) is 0 Å². The van der Waals surface area contributed by atoms with Crippen LogP contribution in [0.4, 0.5) is 0 Å². The van der Waals surface area contributed by atoms with Gasteiger partial charge in [0.1, 0.15) is 0 Å². The SMILES string of the molecule is CC(Cl)/C=C/c1ccccc1C#N. The number of alkyl halides is 1. The summed E-state index contributed by atoms with van der Waals surface area (Å²) in [6, 6.07) is 9.56. The van der Waals surface area contributed by atoms with Crippen LogP contribution >= 0.6 is 11.6 Å². The molecule has 0 saturated carbocycles. The van der Waals surface area contributed by atoms with Crippen LogP contribution in [0.25, 0.3) is 6.08 Å². The smallest absolute Gasteiger partial charge is 0.0997 e. The average Bonchev–Trinajstić information content (AvgIpc) is 2.15. The van der Waals surface area contributed by atoms with E-state index in [4.69, 9.17) is 16.9 Å². The average molecular weight is 192 g/mol. The fourth-order valence-corrected chi connectivity index (χ4v) is 1.05. The molecule has 0 spiro atoms. The number of hydrogen-bond acceptors (Lipinski definition) is 1. The lowest BCUT2D eigenvalue weighted by molar-refractivity contribution is 1.24. The van der Waals surface area contributed by atoms with Gasteiger partial charge in [-0.15, -0.1) is 11.6 Å². The molecule has 0 aliphatic carbocycles. The molecule has 13 heavy (non-hydrogen) atoms. The lowest BCUT2D eigenvalue weighted by Gasteiger charge is -1.96. The van der Waals surface area contributed by atoms with Crippen molar-refractivity contribution in [2.45, 2.75) is 12.3 Å². The molecule has 1 aromatic carbocycles. The van der Waals surface area contributed by atoms with E-state index >= 15 is 0 Å². The third-order valence-corrected chi connectivity index (χ3v) is 1.77. The maximum Gasteiger partial charge on any atom is 0.0997 e. The minimum Gasteiger partial charge on any atom is -0.192 e. The van der Waals surface area contributed by atoms with Gasteiger partial charge < -0.3 is 0 Å². The van der Waals surface area contributed by atoms with Crippen molar-refractivity contribution in [2.24, 2.45) is 0 Å². The van der Waals surface area contributed by atoms with E-state index in [1.165, 1.54) is 0 Å². The van der Waals surface area contributed by atoms with Crippen LogP contribution in [-0.4, -0.2) is 5.38 Å². The van der Waals surface area contributed by atoms with Crippen LogP contribution in [0.2, 0.25) is 0 Å². The molecule has 0 amide bonds. The molecule has 1 unspecified atom stereocenters. The van der Waals surface area contributed by atoms with Gasteiger partial charge in [0.15, 0.2) is 0 Å². The van der Waals surface area contributed by atoms with E-state index in [2.05, 4.69) is 6.07 Å². The molecule has 0 saturated heterocycles. The van der Waals surface area contributed by atoms with Gasteiger partial charge in [0, 0.05) is 5.38 Å². The van der Waals surface area contributed by atoms with E-state index in [0.717, 1.165) is 5.56 Å². The predicted molar refractivity (Wildman–Crippen MR) is 55.5 cm³/mol. The maximum atomic E-state index is 8.77. The van der Waals surface area contributed by atoms with Crippen LogP contribution < -0.4 is 0 Å². The Bertz CT molecular complexity index is 347. The highest BCUT2D eigenvalue weighted by Crippen LogP contribution is 2.10. The van der Waals surface area contributed by atoms with E-state index < -0.39 is 0 Å². The van der Waals surface area contributed by atoms with Crippen molar-refractivity contribution >= 4 is 17.7 Å². The summed E-state index contributed by atoms with van der Waals surface area (Å²) in [6.45, 7) is 1.88. The largest absolute Gasteiger partial charge is 0.192 e. The van der Waals surface area contributed by atoms with E-state index in [0.29, 0.717) is 5.56 Å². The molecule has 0 aliphatic rings. The van der Waals surface area contributed by atoms with Crippen molar-refractivity contribution < 1.29 is 0 Å². The van der Waals surface area contributed by atoms with Crippen LogP contribution in [0.3, 0.4) is 0 Å². The molecule has 1 nitrogen and oxygen atoms in total. The van der Waals surface area contributed by atoms with Crippen molar-refractivity contribution in [3.63, 3.8) is 0 Å². The second-order valence-electron chi connectivity index (χ2n) is 2.74. The predicted octanol–water partition coefficient (Wildman–Crippen LogP) is 3.20. The molecule has 1 atom stereocenters. The summed E-state index contributed by atoms with van der Waals surface area (Å²) >= 11 is 5.75. The van der Waals surface area contributed by atoms with Gasteiger partial charge in [-0.3, -0.25) is 0 Å². The summed E-state index contributed by atoms with van der Waals surface area (Å²) in [4.78, 5) is 0. The Balaban J connectivity index is 2.95. The van der Waals surface area contributed by atoms with Crippen LogP contribution in [0.15, 0.2) is 30.3 Å². The number of hydrogen-bond donors (Lipinski definition) is 0. The van der Waals surface area contributed by atoms with E-state index in [1.807, 2.05) is 37.3 Å². The third kappa shape index (κ3) is 2.93. The minimum atomic E-state index is -0.00764. The number of nitrogens with zero attached hydrogens (tertiary/aromatic N) is 1. The molecular formula is C11H10ClN. The first kappa shape index (κ1) is 9.83. The Hall–Kier alpha value is -1.26. The molecule has 0 aliphatic heterocycles. The highest BCUT2D eigenvalue weighted by Gasteiger charge is 1.95. The molecular weight excluding hydrogens is 182 g/mol. The van der Waals surface area contributed by atoms with Crippen LogP contribution in [0, 0.1) is 11.3 Å². The van der Waals surface area contributed by atoms with Gasteiger partial charge in [0.05, 0.1) is 11.6 Å². The minimum absolute atomic E-state index is 0.00764. The lowest BCUT2D eigenvalue weighted by atomic mass is 10.1. The van der Waals surface area contributed by atoms with Gasteiger partial charge in [-0.2, -0.15) is 5.26 Å². The van der Waals surface area contributed by atoms with Gasteiger partial charge in [-0.05, 0) is 18.6 Å². The number of rotatable bonds is 2. The van der Waals surface area contributed by atoms with Crippen molar-refractivity contribution in [2.75, 3.05) is 0 Å². The topological polar surface area (TPSA) is 23.8 Å². The summed E-state index contributed by atoms with van der Waals surface area (Å²) in [5.74, 6) is 0. The van der Waals surface area contributed by atoms with Crippen molar-refractivity contribution in [1.29, 1.82) is 5.26 Å². The Morgan fingerprint density at radius 3 is 2.77 bits per heavy atom. The molecule has 1 rings (SSSR count). The highest BCUT2D eigenvalue weighted by molar-refractivity contribution is 6.21.